The van der Waals surface area contributed by atoms with Crippen LogP contribution in [-0.4, -0.2) is 62.6 Å². The lowest BCUT2D eigenvalue weighted by Crippen LogP contribution is -2.45. The normalized spacial score (nSPS) is 21.5. The molecule has 0 amide bonds. The standard InChI is InChI=1S/C36H40N4O5/c1-24-6-3-7-29(31-8-4-9-32(38-31)40-34(43-2)30(21-37-40)35(41)42)33(24)44-23-25-10-11-27-22-39(18-14-26(27)20-25)28-12-16-36(17-13-28)15-5-19-45-36/h3-4,6-11,20-21,28H,5,12-19,22-23H2,1-2H3,(H,41,42)/t28-,36-. The van der Waals surface area contributed by atoms with Crippen molar-refractivity contribution in [2.24, 2.45) is 0 Å². The van der Waals surface area contributed by atoms with Gasteiger partial charge in [-0.1, -0.05) is 36.4 Å². The summed E-state index contributed by atoms with van der Waals surface area (Å²) in [5.74, 6) is 0.229. The van der Waals surface area contributed by atoms with Gasteiger partial charge in [-0.2, -0.15) is 9.78 Å². The summed E-state index contributed by atoms with van der Waals surface area (Å²) in [5, 5.41) is 13.7. The Kier molecular flexibility index (Phi) is 8.06. The molecule has 4 aromatic rings. The van der Waals surface area contributed by atoms with Crippen molar-refractivity contribution in [3.63, 3.8) is 0 Å². The number of benzene rings is 2. The summed E-state index contributed by atoms with van der Waals surface area (Å²) in [7, 11) is 1.42. The van der Waals surface area contributed by atoms with Crippen LogP contribution >= 0.6 is 0 Å². The second-order valence-corrected chi connectivity index (χ2v) is 12.6. The van der Waals surface area contributed by atoms with E-state index in [-0.39, 0.29) is 17.0 Å². The number of carboxylic acid groups (broad SMARTS) is 1. The highest BCUT2D eigenvalue weighted by atomic mass is 16.5. The fourth-order valence-corrected chi connectivity index (χ4v) is 7.41. The molecule has 2 aliphatic heterocycles. The zero-order chi connectivity index (χ0) is 31.0. The van der Waals surface area contributed by atoms with Gasteiger partial charge in [0, 0.05) is 31.3 Å². The summed E-state index contributed by atoms with van der Waals surface area (Å²) < 4.78 is 19.4. The Labute approximate surface area is 263 Å². The van der Waals surface area contributed by atoms with Crippen molar-refractivity contribution in [1.29, 1.82) is 0 Å². The van der Waals surface area contributed by atoms with Crippen molar-refractivity contribution >= 4 is 5.97 Å². The minimum absolute atomic E-state index is 0.0247. The molecule has 4 heterocycles. The first kappa shape index (κ1) is 29.5. The van der Waals surface area contributed by atoms with Gasteiger partial charge in [0.15, 0.2) is 5.82 Å². The van der Waals surface area contributed by atoms with Gasteiger partial charge in [-0.15, -0.1) is 0 Å². The number of pyridine rings is 1. The van der Waals surface area contributed by atoms with Crippen LogP contribution in [0.25, 0.3) is 17.1 Å². The van der Waals surface area contributed by atoms with E-state index in [1.54, 1.807) is 6.07 Å². The molecule has 0 radical (unpaired) electrons. The van der Waals surface area contributed by atoms with Crippen molar-refractivity contribution in [1.82, 2.24) is 19.7 Å². The van der Waals surface area contributed by atoms with Crippen molar-refractivity contribution in [3.8, 4) is 28.7 Å². The minimum atomic E-state index is -1.11. The lowest BCUT2D eigenvalue weighted by atomic mass is 9.79. The van der Waals surface area contributed by atoms with Crippen LogP contribution in [0.3, 0.4) is 0 Å². The lowest BCUT2D eigenvalue weighted by molar-refractivity contribution is -0.0437. The largest absolute Gasteiger partial charge is 0.488 e. The molecule has 9 heteroatoms. The molecule has 1 spiro atoms. The van der Waals surface area contributed by atoms with Crippen molar-refractivity contribution in [2.75, 3.05) is 20.3 Å². The van der Waals surface area contributed by atoms with Crippen LogP contribution < -0.4 is 9.47 Å². The topological polar surface area (TPSA) is 98.9 Å². The van der Waals surface area contributed by atoms with E-state index in [2.05, 4.69) is 28.2 Å². The Morgan fingerprint density at radius 1 is 1.09 bits per heavy atom. The summed E-state index contributed by atoms with van der Waals surface area (Å²) in [6.45, 7) is 5.56. The predicted octanol–water partition coefficient (Wildman–Crippen LogP) is 6.38. The summed E-state index contributed by atoms with van der Waals surface area (Å²) in [6.07, 6.45) is 9.71. The summed E-state index contributed by atoms with van der Waals surface area (Å²) in [4.78, 5) is 19.1. The molecule has 1 N–H and O–H groups in total. The minimum Gasteiger partial charge on any atom is -0.488 e. The summed E-state index contributed by atoms with van der Waals surface area (Å²) in [6, 6.07) is 19.0. The first-order valence-corrected chi connectivity index (χ1v) is 16.0. The maximum atomic E-state index is 11.6. The van der Waals surface area contributed by atoms with E-state index < -0.39 is 5.97 Å². The van der Waals surface area contributed by atoms with Crippen LogP contribution in [0.4, 0.5) is 0 Å². The van der Waals surface area contributed by atoms with Gasteiger partial charge >= 0.3 is 5.97 Å². The monoisotopic (exact) mass is 608 g/mol. The van der Waals surface area contributed by atoms with Gasteiger partial charge in [0.1, 0.15) is 17.9 Å². The molecule has 3 aliphatic rings. The average Bonchev–Trinajstić information content (AvgIpc) is 3.72. The lowest BCUT2D eigenvalue weighted by Gasteiger charge is -2.43. The highest BCUT2D eigenvalue weighted by Gasteiger charge is 2.40. The third kappa shape index (κ3) is 5.82. The highest BCUT2D eigenvalue weighted by Crippen LogP contribution is 2.41. The first-order valence-electron chi connectivity index (χ1n) is 16.0. The molecule has 0 bridgehead atoms. The van der Waals surface area contributed by atoms with E-state index in [1.807, 2.05) is 37.3 Å². The van der Waals surface area contributed by atoms with Gasteiger partial charge in [-0.05, 0) is 92.3 Å². The Balaban J connectivity index is 1.05. The number of aromatic nitrogens is 3. The molecule has 0 atom stereocenters. The number of carboxylic acids is 1. The van der Waals surface area contributed by atoms with Gasteiger partial charge in [0.2, 0.25) is 5.88 Å². The van der Waals surface area contributed by atoms with E-state index in [4.69, 9.17) is 19.2 Å². The number of para-hydroxylation sites is 1. The Hall–Kier alpha value is -4.21. The maximum Gasteiger partial charge on any atom is 0.342 e. The fraction of sp³-hybridized carbons (Fsp3) is 0.417. The van der Waals surface area contributed by atoms with Crippen LogP contribution in [0.1, 0.15) is 71.1 Å². The molecule has 1 saturated carbocycles. The molecule has 0 unspecified atom stereocenters. The van der Waals surface area contributed by atoms with Gasteiger partial charge in [-0.3, -0.25) is 4.90 Å². The number of nitrogens with zero attached hydrogens (tertiary/aromatic N) is 4. The van der Waals surface area contributed by atoms with Gasteiger partial charge < -0.3 is 19.3 Å². The number of methoxy groups -OCH3 is 1. The number of aromatic carboxylic acids is 1. The third-order valence-corrected chi connectivity index (χ3v) is 9.85. The average molecular weight is 609 g/mol. The molecular formula is C36H40N4O5. The number of carbonyl (C=O) groups is 1. The van der Waals surface area contributed by atoms with Crippen LogP contribution in [0.15, 0.2) is 60.8 Å². The Morgan fingerprint density at radius 2 is 1.93 bits per heavy atom. The molecule has 234 valence electrons. The van der Waals surface area contributed by atoms with Crippen LogP contribution in [-0.2, 0) is 24.3 Å². The van der Waals surface area contributed by atoms with E-state index in [0.717, 1.165) is 48.6 Å². The van der Waals surface area contributed by atoms with Crippen molar-refractivity contribution in [2.45, 2.75) is 76.7 Å². The summed E-state index contributed by atoms with van der Waals surface area (Å²) >= 11 is 0. The maximum absolute atomic E-state index is 11.6. The second kappa shape index (κ2) is 12.3. The number of fused-ring (bicyclic) bond motifs is 1. The Bertz CT molecular complexity index is 1700. The van der Waals surface area contributed by atoms with E-state index in [0.29, 0.717) is 24.2 Å². The molecule has 2 aromatic heterocycles. The van der Waals surface area contributed by atoms with Crippen molar-refractivity contribution < 1.29 is 24.1 Å². The number of hydrogen-bond donors (Lipinski definition) is 1. The molecule has 7 rings (SSSR count). The van der Waals surface area contributed by atoms with Crippen LogP contribution in [0.2, 0.25) is 0 Å². The molecular weight excluding hydrogens is 568 g/mol. The van der Waals surface area contributed by atoms with Gasteiger partial charge in [0.25, 0.3) is 0 Å². The fourth-order valence-electron chi connectivity index (χ4n) is 7.41. The Morgan fingerprint density at radius 3 is 2.71 bits per heavy atom. The second-order valence-electron chi connectivity index (χ2n) is 12.6. The van der Waals surface area contributed by atoms with Gasteiger partial charge in [0.05, 0.1) is 24.6 Å². The predicted molar refractivity (Wildman–Crippen MR) is 170 cm³/mol. The number of rotatable bonds is 8. The van der Waals surface area contributed by atoms with E-state index in [9.17, 15) is 9.90 Å². The van der Waals surface area contributed by atoms with Crippen LogP contribution in [0, 0.1) is 6.92 Å². The van der Waals surface area contributed by atoms with E-state index >= 15 is 0 Å². The van der Waals surface area contributed by atoms with E-state index in [1.165, 1.54) is 67.6 Å². The molecule has 2 aromatic carbocycles. The first-order chi connectivity index (χ1) is 21.9. The zero-order valence-electron chi connectivity index (χ0n) is 26.0. The van der Waals surface area contributed by atoms with Crippen molar-refractivity contribution in [3.05, 3.63) is 88.6 Å². The number of ether oxygens (including phenoxy) is 3. The molecule has 45 heavy (non-hydrogen) atoms. The number of hydrogen-bond acceptors (Lipinski definition) is 7. The SMILES string of the molecule is COc1c(C(=O)O)cnn1-c1cccc(-c2cccc(C)c2OCc2ccc3c(c2)CCN([C@H]2CC[C@@]4(CCCO4)CC2)C3)n1. The summed E-state index contributed by atoms with van der Waals surface area (Å²) in [5.41, 5.74) is 6.73. The van der Waals surface area contributed by atoms with Gasteiger partial charge in [-0.25, -0.2) is 9.78 Å². The number of aryl methyl sites for hydroxylation is 1. The molecule has 9 nitrogen and oxygen atoms in total. The third-order valence-electron chi connectivity index (χ3n) is 9.85. The smallest absolute Gasteiger partial charge is 0.342 e. The quantitative estimate of drug-likeness (QED) is 0.246. The molecule has 2 fully saturated rings. The molecule has 1 aliphatic carbocycles. The highest BCUT2D eigenvalue weighted by molar-refractivity contribution is 5.90. The zero-order valence-corrected chi connectivity index (χ0v) is 26.0. The van der Waals surface area contributed by atoms with Crippen LogP contribution in [0.5, 0.6) is 11.6 Å². The molecule has 1 saturated heterocycles.